The maximum absolute atomic E-state index is 14.6. The van der Waals surface area contributed by atoms with Gasteiger partial charge >= 0.3 is 18.0 Å². The second kappa shape index (κ2) is 16.6. The summed E-state index contributed by atoms with van der Waals surface area (Å²) in [6.07, 6.45) is 3.09. The molecule has 13 nitrogen and oxygen atoms in total. The summed E-state index contributed by atoms with van der Waals surface area (Å²) >= 11 is 0. The zero-order valence-electron chi connectivity index (χ0n) is 30.0. The van der Waals surface area contributed by atoms with E-state index in [1.807, 2.05) is 32.0 Å². The Morgan fingerprint density at radius 3 is 2.12 bits per heavy atom. The van der Waals surface area contributed by atoms with Crippen LogP contribution in [0.15, 0.2) is 72.8 Å². The largest absolute Gasteiger partial charge is 0.497 e. The third kappa shape index (κ3) is 8.47. The lowest BCUT2D eigenvalue weighted by atomic mass is 9.80. The number of para-hydroxylation sites is 1. The molecule has 13 heteroatoms. The summed E-state index contributed by atoms with van der Waals surface area (Å²) in [5, 5.41) is 18.2. The van der Waals surface area contributed by atoms with E-state index in [2.05, 4.69) is 16.0 Å². The lowest BCUT2D eigenvalue weighted by Gasteiger charge is -2.38. The molecule has 0 aromatic heterocycles. The van der Waals surface area contributed by atoms with Crippen LogP contribution in [0.5, 0.6) is 11.5 Å². The number of ether oxygens (including phenoxy) is 2. The average molecular weight is 714 g/mol. The highest BCUT2D eigenvalue weighted by Gasteiger charge is 2.59. The molecule has 1 spiro atoms. The molecule has 2 atom stereocenters. The molecule has 1 saturated heterocycles. The van der Waals surface area contributed by atoms with Crippen molar-refractivity contribution in [3.8, 4) is 11.5 Å². The fourth-order valence-corrected chi connectivity index (χ4v) is 7.11. The number of amides is 6. The molecule has 3 aromatic rings. The number of hydrogen-bond donors (Lipinski definition) is 4. The maximum Gasteiger partial charge on any atom is 0.328 e. The van der Waals surface area contributed by atoms with Crippen LogP contribution in [0.4, 0.5) is 21.0 Å². The molecule has 2 aliphatic rings. The number of rotatable bonds is 14. The van der Waals surface area contributed by atoms with Crippen molar-refractivity contribution >= 4 is 41.2 Å². The van der Waals surface area contributed by atoms with Crippen LogP contribution in [0.1, 0.15) is 76.0 Å². The van der Waals surface area contributed by atoms with Gasteiger partial charge in [0.1, 0.15) is 23.1 Å². The smallest absolute Gasteiger partial charge is 0.328 e. The van der Waals surface area contributed by atoms with Crippen LogP contribution in [0, 0.1) is 5.92 Å². The lowest BCUT2D eigenvalue weighted by molar-refractivity contribution is -0.142. The van der Waals surface area contributed by atoms with Gasteiger partial charge in [-0.25, -0.2) is 14.5 Å². The molecule has 6 amide bonds. The monoisotopic (exact) mass is 713 g/mol. The summed E-state index contributed by atoms with van der Waals surface area (Å²) in [5.74, 6) is -1.46. The van der Waals surface area contributed by atoms with Gasteiger partial charge in [0.25, 0.3) is 5.91 Å². The van der Waals surface area contributed by atoms with Gasteiger partial charge in [0.05, 0.1) is 26.7 Å². The highest BCUT2D eigenvalue weighted by molar-refractivity contribution is 6.10. The number of anilines is 2. The number of hydrogen-bond acceptors (Lipinski definition) is 7. The lowest BCUT2D eigenvalue weighted by Crippen LogP contribution is -2.53. The average Bonchev–Trinajstić information content (AvgIpc) is 3.31. The Hall–Kier alpha value is -5.59. The number of imide groups is 1. The Kier molecular flexibility index (Phi) is 12.0. The number of carbonyl (C=O) groups is 5. The van der Waals surface area contributed by atoms with Crippen LogP contribution >= 0.6 is 0 Å². The number of aliphatic carboxylic acids is 1. The van der Waals surface area contributed by atoms with Gasteiger partial charge in [0, 0.05) is 29.5 Å². The Morgan fingerprint density at radius 2 is 1.52 bits per heavy atom. The van der Waals surface area contributed by atoms with E-state index in [1.54, 1.807) is 59.5 Å². The van der Waals surface area contributed by atoms with E-state index in [0.29, 0.717) is 41.3 Å². The van der Waals surface area contributed by atoms with Gasteiger partial charge in [-0.1, -0.05) is 63.4 Å². The summed E-state index contributed by atoms with van der Waals surface area (Å²) in [7, 11) is 2.93. The first-order chi connectivity index (χ1) is 24.9. The topological polar surface area (TPSA) is 167 Å². The van der Waals surface area contributed by atoms with Gasteiger partial charge in [-0.3, -0.25) is 14.4 Å². The minimum absolute atomic E-state index is 0.0831. The molecule has 4 N–H and O–H groups in total. The van der Waals surface area contributed by atoms with Gasteiger partial charge in [0.2, 0.25) is 5.91 Å². The van der Waals surface area contributed by atoms with E-state index < -0.39 is 53.9 Å². The van der Waals surface area contributed by atoms with Crippen LogP contribution in [0.2, 0.25) is 0 Å². The van der Waals surface area contributed by atoms with Crippen molar-refractivity contribution < 1.29 is 38.6 Å². The molecule has 1 saturated carbocycles. The molecule has 276 valence electrons. The van der Waals surface area contributed by atoms with Crippen molar-refractivity contribution in [3.05, 3.63) is 83.9 Å². The summed E-state index contributed by atoms with van der Waals surface area (Å²) in [6.45, 7) is 3.92. The highest BCUT2D eigenvalue weighted by Crippen LogP contribution is 2.43. The van der Waals surface area contributed by atoms with Crippen molar-refractivity contribution in [1.82, 2.24) is 15.1 Å². The molecular formula is C39H47N5O8. The molecule has 5 rings (SSSR count). The molecule has 2 fully saturated rings. The normalized spacial score (nSPS) is 16.4. The first-order valence-corrected chi connectivity index (χ1v) is 17.6. The van der Waals surface area contributed by atoms with Gasteiger partial charge < -0.3 is 35.4 Å². The number of benzene rings is 3. The molecule has 52 heavy (non-hydrogen) atoms. The highest BCUT2D eigenvalue weighted by atomic mass is 16.5. The Balaban J connectivity index is 1.40. The quantitative estimate of drug-likeness (QED) is 0.136. The number of methoxy groups -OCH3 is 2. The number of carboxylic acid groups (broad SMARTS) is 1. The first kappa shape index (κ1) is 37.7. The molecule has 1 aliphatic heterocycles. The standard InChI is InChI=1S/C39H47N5O8/c1-25(2)21-32(35(47)42-31(23-34(45)46)30-18-17-29(51-3)22-33(30)52-4)44-36(48)39(19-9-6-10-20-39)43(38(44)50)24-26-13-15-28(16-14-26)41-37(49)40-27-11-7-5-8-12-27/h5,7-8,11-18,22,25,31-32H,6,9-10,19-21,23-24H2,1-4H3,(H,42,47)(H,45,46)(H2,40,41,49)/t31?,32-/m0/s1. The van der Waals surface area contributed by atoms with E-state index in [1.165, 1.54) is 14.2 Å². The van der Waals surface area contributed by atoms with E-state index in [4.69, 9.17) is 9.47 Å². The van der Waals surface area contributed by atoms with Crippen LogP contribution in [-0.4, -0.2) is 70.6 Å². The summed E-state index contributed by atoms with van der Waals surface area (Å²) in [4.78, 5) is 70.5. The summed E-state index contributed by atoms with van der Waals surface area (Å²) in [6, 6.07) is 17.8. The van der Waals surface area contributed by atoms with Crippen molar-refractivity contribution in [2.75, 3.05) is 24.9 Å². The summed E-state index contributed by atoms with van der Waals surface area (Å²) in [5.41, 5.74) is 1.26. The summed E-state index contributed by atoms with van der Waals surface area (Å²) < 4.78 is 10.8. The number of nitrogens with one attached hydrogen (secondary N) is 3. The van der Waals surface area contributed by atoms with Crippen LogP contribution in [0.25, 0.3) is 0 Å². The van der Waals surface area contributed by atoms with Crippen molar-refractivity contribution in [3.63, 3.8) is 0 Å². The molecule has 0 radical (unpaired) electrons. The molecule has 1 aliphatic carbocycles. The minimum Gasteiger partial charge on any atom is -0.497 e. The van der Waals surface area contributed by atoms with Crippen LogP contribution in [-0.2, 0) is 20.9 Å². The van der Waals surface area contributed by atoms with Crippen molar-refractivity contribution in [2.24, 2.45) is 5.92 Å². The van der Waals surface area contributed by atoms with E-state index >= 15 is 0 Å². The molecular weight excluding hydrogens is 666 g/mol. The van der Waals surface area contributed by atoms with Crippen molar-refractivity contribution in [2.45, 2.75) is 83.0 Å². The second-order valence-electron chi connectivity index (χ2n) is 13.7. The molecule has 0 bridgehead atoms. The van der Waals surface area contributed by atoms with Gasteiger partial charge in [0.15, 0.2) is 0 Å². The Bertz CT molecular complexity index is 1760. The number of urea groups is 2. The fourth-order valence-electron chi connectivity index (χ4n) is 7.11. The number of carboxylic acids is 1. The number of carbonyl (C=O) groups excluding carboxylic acids is 4. The fraction of sp³-hybridized carbons (Fsp3) is 0.410. The third-order valence-corrected chi connectivity index (χ3v) is 9.66. The van der Waals surface area contributed by atoms with E-state index in [-0.39, 0.29) is 18.9 Å². The van der Waals surface area contributed by atoms with Crippen LogP contribution < -0.4 is 25.4 Å². The second-order valence-corrected chi connectivity index (χ2v) is 13.7. The first-order valence-electron chi connectivity index (χ1n) is 17.6. The molecule has 3 aromatic carbocycles. The maximum atomic E-state index is 14.6. The Labute approximate surface area is 303 Å². The minimum atomic E-state index is -1.18. The van der Waals surface area contributed by atoms with Gasteiger partial charge in [-0.2, -0.15) is 0 Å². The molecule has 1 unspecified atom stereocenters. The van der Waals surface area contributed by atoms with E-state index in [9.17, 15) is 29.1 Å². The van der Waals surface area contributed by atoms with Crippen molar-refractivity contribution in [1.29, 1.82) is 0 Å². The van der Waals surface area contributed by atoms with Gasteiger partial charge in [-0.15, -0.1) is 0 Å². The predicted molar refractivity (Wildman–Crippen MR) is 195 cm³/mol. The van der Waals surface area contributed by atoms with Gasteiger partial charge in [-0.05, 0) is 67.1 Å². The zero-order valence-corrected chi connectivity index (χ0v) is 30.0. The SMILES string of the molecule is COc1ccc(C(CC(=O)O)NC(=O)[C@H](CC(C)C)N2C(=O)N(Cc3ccc(NC(=O)Nc4ccccc4)cc3)C3(CCCCC3)C2=O)c(OC)c1. The Morgan fingerprint density at radius 1 is 0.865 bits per heavy atom. The predicted octanol–water partition coefficient (Wildman–Crippen LogP) is 6.56. The van der Waals surface area contributed by atoms with Crippen LogP contribution in [0.3, 0.4) is 0 Å². The number of nitrogens with zero attached hydrogens (tertiary/aromatic N) is 2. The third-order valence-electron chi connectivity index (χ3n) is 9.66. The molecule has 1 heterocycles. The zero-order chi connectivity index (χ0) is 37.4. The van der Waals surface area contributed by atoms with E-state index in [0.717, 1.165) is 29.7 Å².